The molecule has 2 heterocycles. The maximum Gasteiger partial charge on any atom is 0.319 e. The summed E-state index contributed by atoms with van der Waals surface area (Å²) in [6.07, 6.45) is 3.08. The highest BCUT2D eigenvalue weighted by molar-refractivity contribution is 6.31. The smallest absolute Gasteiger partial charge is 0.319 e. The van der Waals surface area contributed by atoms with Crippen molar-refractivity contribution < 1.29 is 9.47 Å². The van der Waals surface area contributed by atoms with Crippen LogP contribution in [0.25, 0.3) is 10.9 Å². The van der Waals surface area contributed by atoms with Gasteiger partial charge in [-0.3, -0.25) is 4.98 Å². The Labute approximate surface area is 125 Å². The van der Waals surface area contributed by atoms with Gasteiger partial charge in [-0.15, -0.1) is 0 Å². The van der Waals surface area contributed by atoms with Gasteiger partial charge in [0, 0.05) is 17.3 Å². The molecule has 21 heavy (non-hydrogen) atoms. The first-order valence-electron chi connectivity index (χ1n) is 6.06. The van der Waals surface area contributed by atoms with Crippen LogP contribution < -0.4 is 15.2 Å². The quantitative estimate of drug-likeness (QED) is 0.749. The Hall–Kier alpha value is -2.60. The lowest BCUT2D eigenvalue weighted by Crippen LogP contribution is -1.97. The monoisotopic (exact) mass is 302 g/mol. The maximum absolute atomic E-state index is 6.03. The number of ether oxygens (including phenoxy) is 2. The Kier molecular flexibility index (Phi) is 3.45. The van der Waals surface area contributed by atoms with Gasteiger partial charge in [0.2, 0.25) is 5.88 Å². The van der Waals surface area contributed by atoms with Crippen molar-refractivity contribution in [3.8, 4) is 17.6 Å². The van der Waals surface area contributed by atoms with E-state index in [0.29, 0.717) is 17.0 Å². The Morgan fingerprint density at radius 2 is 2.05 bits per heavy atom. The standard InChI is InChI=1S/C14H11ClN4O2/c1-20-14-18-7-9(15)13(19-14)21-11-5-4-10(16)8-3-2-6-17-12(8)11/h2-7H,16H2,1H3. The summed E-state index contributed by atoms with van der Waals surface area (Å²) in [5, 5.41) is 1.07. The number of hydrogen-bond donors (Lipinski definition) is 1. The molecule has 0 radical (unpaired) electrons. The van der Waals surface area contributed by atoms with Crippen LogP contribution in [0.5, 0.6) is 17.6 Å². The molecule has 0 saturated carbocycles. The summed E-state index contributed by atoms with van der Waals surface area (Å²) in [6, 6.07) is 7.30. The highest BCUT2D eigenvalue weighted by atomic mass is 35.5. The van der Waals surface area contributed by atoms with Crippen LogP contribution >= 0.6 is 11.6 Å². The van der Waals surface area contributed by atoms with Crippen LogP contribution in [0.2, 0.25) is 5.02 Å². The number of nitrogen functional groups attached to an aromatic ring is 1. The van der Waals surface area contributed by atoms with Gasteiger partial charge >= 0.3 is 6.01 Å². The van der Waals surface area contributed by atoms with Crippen LogP contribution in [0.15, 0.2) is 36.7 Å². The number of anilines is 1. The molecular weight excluding hydrogens is 292 g/mol. The van der Waals surface area contributed by atoms with Crippen molar-refractivity contribution in [2.45, 2.75) is 0 Å². The minimum absolute atomic E-state index is 0.169. The van der Waals surface area contributed by atoms with E-state index in [4.69, 9.17) is 26.8 Å². The molecule has 6 nitrogen and oxygen atoms in total. The van der Waals surface area contributed by atoms with Gasteiger partial charge in [-0.2, -0.15) is 4.98 Å². The number of methoxy groups -OCH3 is 1. The molecule has 0 saturated heterocycles. The van der Waals surface area contributed by atoms with Gasteiger partial charge in [-0.25, -0.2) is 4.98 Å². The molecule has 1 aromatic carbocycles. The molecule has 0 bridgehead atoms. The molecule has 0 spiro atoms. The van der Waals surface area contributed by atoms with E-state index in [-0.39, 0.29) is 16.9 Å². The van der Waals surface area contributed by atoms with Gasteiger partial charge in [0.15, 0.2) is 5.75 Å². The normalized spacial score (nSPS) is 10.6. The predicted octanol–water partition coefficient (Wildman–Crippen LogP) is 3.06. The third kappa shape index (κ3) is 2.53. The summed E-state index contributed by atoms with van der Waals surface area (Å²) in [7, 11) is 1.47. The van der Waals surface area contributed by atoms with Gasteiger partial charge in [0.25, 0.3) is 0 Å². The van der Waals surface area contributed by atoms with Crippen LogP contribution in [0.3, 0.4) is 0 Å². The molecule has 0 aliphatic carbocycles. The first-order chi connectivity index (χ1) is 10.2. The van der Waals surface area contributed by atoms with Crippen LogP contribution in [0.1, 0.15) is 0 Å². The molecule has 7 heteroatoms. The summed E-state index contributed by atoms with van der Waals surface area (Å²) in [6.45, 7) is 0. The topological polar surface area (TPSA) is 83.2 Å². The molecule has 0 unspecified atom stereocenters. The molecule has 2 aromatic heterocycles. The minimum atomic E-state index is 0.169. The van der Waals surface area contributed by atoms with Gasteiger partial charge in [0.1, 0.15) is 10.5 Å². The van der Waals surface area contributed by atoms with E-state index in [0.717, 1.165) is 5.39 Å². The fraction of sp³-hybridized carbons (Fsp3) is 0.0714. The molecular formula is C14H11ClN4O2. The van der Waals surface area contributed by atoms with Crippen molar-refractivity contribution in [1.29, 1.82) is 0 Å². The van der Waals surface area contributed by atoms with Crippen LogP contribution in [-0.4, -0.2) is 22.1 Å². The number of pyridine rings is 1. The fourth-order valence-corrected chi connectivity index (χ4v) is 1.99. The first-order valence-corrected chi connectivity index (χ1v) is 6.44. The molecule has 0 fully saturated rings. The second-order valence-corrected chi connectivity index (χ2v) is 4.57. The molecule has 106 valence electrons. The van der Waals surface area contributed by atoms with Gasteiger partial charge in [-0.05, 0) is 24.3 Å². The second-order valence-electron chi connectivity index (χ2n) is 4.16. The number of aromatic nitrogens is 3. The third-order valence-electron chi connectivity index (χ3n) is 2.85. The largest absolute Gasteiger partial charge is 0.467 e. The highest BCUT2D eigenvalue weighted by Crippen LogP contribution is 2.33. The van der Waals surface area contributed by atoms with Crippen molar-refractivity contribution in [3.05, 3.63) is 41.7 Å². The third-order valence-corrected chi connectivity index (χ3v) is 3.10. The number of halogens is 1. The van der Waals surface area contributed by atoms with Crippen molar-refractivity contribution in [2.24, 2.45) is 0 Å². The number of benzene rings is 1. The lowest BCUT2D eigenvalue weighted by atomic mass is 10.2. The van der Waals surface area contributed by atoms with E-state index >= 15 is 0 Å². The molecule has 2 N–H and O–H groups in total. The number of rotatable bonds is 3. The SMILES string of the molecule is COc1ncc(Cl)c(Oc2ccc(N)c3cccnc23)n1. The summed E-state index contributed by atoms with van der Waals surface area (Å²) in [5.74, 6) is 0.697. The summed E-state index contributed by atoms with van der Waals surface area (Å²) < 4.78 is 10.7. The van der Waals surface area contributed by atoms with Gasteiger partial charge in [0.05, 0.1) is 13.3 Å². The Balaban J connectivity index is 2.08. The van der Waals surface area contributed by atoms with Crippen LogP contribution in [-0.2, 0) is 0 Å². The van der Waals surface area contributed by atoms with Crippen molar-refractivity contribution in [3.63, 3.8) is 0 Å². The average molecular weight is 303 g/mol. The molecule has 3 aromatic rings. The molecule has 0 aliphatic heterocycles. The Morgan fingerprint density at radius 3 is 2.86 bits per heavy atom. The Morgan fingerprint density at radius 1 is 1.19 bits per heavy atom. The fourth-order valence-electron chi connectivity index (χ4n) is 1.86. The van der Waals surface area contributed by atoms with Crippen molar-refractivity contribution in [2.75, 3.05) is 12.8 Å². The van der Waals surface area contributed by atoms with E-state index in [1.54, 1.807) is 18.3 Å². The number of hydrogen-bond acceptors (Lipinski definition) is 6. The summed E-state index contributed by atoms with van der Waals surface area (Å²) >= 11 is 6.03. The summed E-state index contributed by atoms with van der Waals surface area (Å²) in [4.78, 5) is 12.3. The second kappa shape index (κ2) is 5.41. The van der Waals surface area contributed by atoms with Gasteiger partial charge in [-0.1, -0.05) is 11.6 Å². The number of nitrogens with zero attached hydrogens (tertiary/aromatic N) is 3. The minimum Gasteiger partial charge on any atom is -0.467 e. The van der Waals surface area contributed by atoms with Crippen LogP contribution in [0, 0.1) is 0 Å². The van der Waals surface area contributed by atoms with Crippen LogP contribution in [0.4, 0.5) is 5.69 Å². The molecule has 0 aliphatic rings. The predicted molar refractivity (Wildman–Crippen MR) is 79.8 cm³/mol. The zero-order valence-corrected chi connectivity index (χ0v) is 11.8. The van der Waals surface area contributed by atoms with E-state index in [9.17, 15) is 0 Å². The van der Waals surface area contributed by atoms with E-state index in [1.165, 1.54) is 13.3 Å². The zero-order valence-electron chi connectivity index (χ0n) is 11.1. The average Bonchev–Trinajstić information content (AvgIpc) is 2.52. The van der Waals surface area contributed by atoms with Crippen molar-refractivity contribution >= 4 is 28.2 Å². The van der Waals surface area contributed by atoms with E-state index in [1.807, 2.05) is 12.1 Å². The Bertz CT molecular complexity index is 810. The number of fused-ring (bicyclic) bond motifs is 1. The highest BCUT2D eigenvalue weighted by Gasteiger charge is 2.12. The first kappa shape index (κ1) is 13.4. The van der Waals surface area contributed by atoms with Crippen molar-refractivity contribution in [1.82, 2.24) is 15.0 Å². The summed E-state index contributed by atoms with van der Waals surface area (Å²) in [5.41, 5.74) is 7.18. The lowest BCUT2D eigenvalue weighted by molar-refractivity contribution is 0.367. The zero-order chi connectivity index (χ0) is 14.8. The maximum atomic E-state index is 6.03. The molecule has 3 rings (SSSR count). The van der Waals surface area contributed by atoms with E-state index < -0.39 is 0 Å². The van der Waals surface area contributed by atoms with Gasteiger partial charge < -0.3 is 15.2 Å². The molecule has 0 atom stereocenters. The van der Waals surface area contributed by atoms with E-state index in [2.05, 4.69) is 15.0 Å². The number of nitrogens with two attached hydrogens (primary N) is 1. The molecule has 0 amide bonds. The lowest BCUT2D eigenvalue weighted by Gasteiger charge is -2.10.